The van der Waals surface area contributed by atoms with Crippen LogP contribution < -0.4 is 5.32 Å². The Bertz CT molecular complexity index is 869. The summed E-state index contributed by atoms with van der Waals surface area (Å²) in [6.07, 6.45) is 4.04. The molecule has 0 aliphatic heterocycles. The van der Waals surface area contributed by atoms with Crippen molar-refractivity contribution in [2.45, 2.75) is 26.2 Å². The van der Waals surface area contributed by atoms with Crippen molar-refractivity contribution in [1.29, 1.82) is 0 Å². The van der Waals surface area contributed by atoms with Crippen LogP contribution in [0.15, 0.2) is 24.3 Å². The molecule has 24 heavy (non-hydrogen) atoms. The molecule has 3 aliphatic rings. The number of carbonyl (C=O) groups is 1. The summed E-state index contributed by atoms with van der Waals surface area (Å²) >= 11 is 5.28. The maximum absolute atomic E-state index is 12.7. The van der Waals surface area contributed by atoms with Gasteiger partial charge in [0, 0.05) is 11.6 Å². The van der Waals surface area contributed by atoms with Crippen LogP contribution in [-0.2, 0) is 4.79 Å². The number of anilines is 1. The standard InChI is InChI=1S/C18H20N4OS/c1-9-20-21-18(24)22(9)13-4-2-3-12(8-13)19-17(23)16-14-10-5-6-11(7-10)15(14)16/h2-4,8,10-11,14-16H,5-7H2,1H3,(H,19,23)(H,21,24)/t10-,11-,14-,15-/m0/s1. The van der Waals surface area contributed by atoms with Crippen molar-refractivity contribution in [3.63, 3.8) is 0 Å². The van der Waals surface area contributed by atoms with Gasteiger partial charge in [-0.1, -0.05) is 6.07 Å². The Kier molecular flexibility index (Phi) is 3.01. The van der Waals surface area contributed by atoms with Crippen molar-refractivity contribution in [2.75, 3.05) is 5.32 Å². The molecule has 6 heteroatoms. The maximum Gasteiger partial charge on any atom is 0.228 e. The van der Waals surface area contributed by atoms with Crippen LogP contribution in [0.4, 0.5) is 5.69 Å². The lowest BCUT2D eigenvalue weighted by Gasteiger charge is -2.11. The Hall–Kier alpha value is -1.95. The molecule has 3 saturated carbocycles. The summed E-state index contributed by atoms with van der Waals surface area (Å²) in [5, 5.41) is 10.1. The number of fused-ring (bicyclic) bond motifs is 5. The van der Waals surface area contributed by atoms with Crippen LogP contribution in [0.25, 0.3) is 5.69 Å². The number of hydrogen-bond donors (Lipinski definition) is 2. The lowest BCUT2D eigenvalue weighted by molar-refractivity contribution is -0.118. The third-order valence-electron chi connectivity index (χ3n) is 6.25. The van der Waals surface area contributed by atoms with E-state index in [2.05, 4.69) is 15.5 Å². The van der Waals surface area contributed by atoms with Crippen LogP contribution in [0.3, 0.4) is 0 Å². The van der Waals surface area contributed by atoms with Gasteiger partial charge in [0.2, 0.25) is 5.91 Å². The Morgan fingerprint density at radius 1 is 1.33 bits per heavy atom. The van der Waals surface area contributed by atoms with Gasteiger partial charge in [-0.05, 0) is 80.3 Å². The molecule has 5 nitrogen and oxygen atoms in total. The van der Waals surface area contributed by atoms with Gasteiger partial charge in [0.25, 0.3) is 0 Å². The summed E-state index contributed by atoms with van der Waals surface area (Å²) < 4.78 is 2.43. The van der Waals surface area contributed by atoms with Crippen molar-refractivity contribution in [3.8, 4) is 5.69 Å². The second kappa shape index (κ2) is 5.02. The molecule has 1 amide bonds. The van der Waals surface area contributed by atoms with E-state index in [-0.39, 0.29) is 11.8 Å². The van der Waals surface area contributed by atoms with Crippen LogP contribution >= 0.6 is 12.2 Å². The van der Waals surface area contributed by atoms with E-state index in [9.17, 15) is 4.79 Å². The quantitative estimate of drug-likeness (QED) is 0.841. The van der Waals surface area contributed by atoms with Gasteiger partial charge in [-0.25, -0.2) is 0 Å². The van der Waals surface area contributed by atoms with E-state index in [1.807, 2.05) is 35.8 Å². The monoisotopic (exact) mass is 340 g/mol. The number of rotatable bonds is 3. The van der Waals surface area contributed by atoms with Gasteiger partial charge in [-0.3, -0.25) is 14.5 Å². The number of nitrogens with one attached hydrogen (secondary N) is 2. The van der Waals surface area contributed by atoms with Crippen LogP contribution in [0.2, 0.25) is 0 Å². The highest BCUT2D eigenvalue weighted by molar-refractivity contribution is 7.71. The molecule has 5 rings (SSSR count). The van der Waals surface area contributed by atoms with E-state index in [1.54, 1.807) is 0 Å². The fourth-order valence-corrected chi connectivity index (χ4v) is 5.59. The lowest BCUT2D eigenvalue weighted by Crippen LogP contribution is -2.18. The first-order chi connectivity index (χ1) is 11.6. The smallest absolute Gasteiger partial charge is 0.228 e. The molecular weight excluding hydrogens is 320 g/mol. The van der Waals surface area contributed by atoms with Gasteiger partial charge in [0.15, 0.2) is 4.77 Å². The maximum atomic E-state index is 12.7. The second-order valence-corrected chi connectivity index (χ2v) is 7.85. The average molecular weight is 340 g/mol. The summed E-state index contributed by atoms with van der Waals surface area (Å²) in [5.74, 6) is 4.21. The molecule has 0 unspecified atom stereocenters. The largest absolute Gasteiger partial charge is 0.326 e. The molecular formula is C18H20N4OS. The Balaban J connectivity index is 1.36. The minimum absolute atomic E-state index is 0.200. The number of aromatic nitrogens is 3. The minimum Gasteiger partial charge on any atom is -0.326 e. The molecule has 2 N–H and O–H groups in total. The van der Waals surface area contributed by atoms with E-state index in [1.165, 1.54) is 19.3 Å². The summed E-state index contributed by atoms with van der Waals surface area (Å²) in [6, 6.07) is 7.81. The van der Waals surface area contributed by atoms with E-state index in [0.717, 1.165) is 29.0 Å². The summed E-state index contributed by atoms with van der Waals surface area (Å²) in [7, 11) is 0. The van der Waals surface area contributed by atoms with E-state index in [4.69, 9.17) is 12.2 Å². The van der Waals surface area contributed by atoms with Crippen LogP contribution in [0, 0.1) is 41.3 Å². The SMILES string of the molecule is Cc1n[nH]c(=S)n1-c1cccc(NC(=O)C2[C@H]3[C@H]4CC[C@@H](C4)[C@H]23)c1. The molecule has 124 valence electrons. The predicted octanol–water partition coefficient (Wildman–Crippen LogP) is 3.47. The molecule has 0 saturated heterocycles. The van der Waals surface area contributed by atoms with Gasteiger partial charge in [-0.15, -0.1) is 0 Å². The number of amides is 1. The summed E-state index contributed by atoms with van der Waals surface area (Å²) in [4.78, 5) is 12.7. The first kappa shape index (κ1) is 14.4. The van der Waals surface area contributed by atoms with Gasteiger partial charge >= 0.3 is 0 Å². The van der Waals surface area contributed by atoms with E-state index < -0.39 is 0 Å². The number of hydrogen-bond acceptors (Lipinski definition) is 3. The van der Waals surface area contributed by atoms with Gasteiger partial charge in [0.05, 0.1) is 5.69 Å². The van der Waals surface area contributed by atoms with Gasteiger partial charge < -0.3 is 5.32 Å². The van der Waals surface area contributed by atoms with Crippen LogP contribution in [-0.4, -0.2) is 20.7 Å². The molecule has 1 aromatic carbocycles. The molecule has 1 aromatic heterocycles. The van der Waals surface area contributed by atoms with Crippen LogP contribution in [0.5, 0.6) is 0 Å². The van der Waals surface area contributed by atoms with Crippen molar-refractivity contribution >= 4 is 23.8 Å². The third-order valence-corrected chi connectivity index (χ3v) is 6.52. The molecule has 2 aromatic rings. The number of H-pyrrole nitrogens is 1. The number of aryl methyl sites for hydroxylation is 1. The summed E-state index contributed by atoms with van der Waals surface area (Å²) in [6.45, 7) is 1.90. The molecule has 0 spiro atoms. The first-order valence-electron chi connectivity index (χ1n) is 8.69. The second-order valence-electron chi connectivity index (χ2n) is 7.46. The zero-order valence-corrected chi connectivity index (χ0v) is 14.3. The molecule has 3 aliphatic carbocycles. The number of benzene rings is 1. The highest BCUT2D eigenvalue weighted by Gasteiger charge is 2.67. The molecule has 1 heterocycles. The fourth-order valence-electron chi connectivity index (χ4n) is 5.30. The number of nitrogens with zero attached hydrogens (tertiary/aromatic N) is 2. The van der Waals surface area contributed by atoms with Crippen LogP contribution in [0.1, 0.15) is 25.1 Å². The third kappa shape index (κ3) is 2.02. The Morgan fingerprint density at radius 3 is 2.75 bits per heavy atom. The fraction of sp³-hybridized carbons (Fsp3) is 0.500. The zero-order valence-electron chi connectivity index (χ0n) is 13.5. The van der Waals surface area contributed by atoms with Crippen molar-refractivity contribution in [2.24, 2.45) is 29.6 Å². The van der Waals surface area contributed by atoms with E-state index >= 15 is 0 Å². The van der Waals surface area contributed by atoms with Crippen molar-refractivity contribution in [1.82, 2.24) is 14.8 Å². The first-order valence-corrected chi connectivity index (χ1v) is 9.09. The Morgan fingerprint density at radius 2 is 2.08 bits per heavy atom. The predicted molar refractivity (Wildman–Crippen MR) is 93.4 cm³/mol. The molecule has 4 atom stereocenters. The Labute approximate surface area is 145 Å². The zero-order chi connectivity index (χ0) is 16.4. The molecule has 3 fully saturated rings. The van der Waals surface area contributed by atoms with Crippen molar-refractivity contribution < 1.29 is 4.79 Å². The van der Waals surface area contributed by atoms with Gasteiger partial charge in [-0.2, -0.15) is 5.10 Å². The molecule has 0 radical (unpaired) electrons. The number of carbonyl (C=O) groups excluding carboxylic acids is 1. The normalized spacial score (nSPS) is 32.6. The topological polar surface area (TPSA) is 62.7 Å². The summed E-state index contributed by atoms with van der Waals surface area (Å²) in [5.41, 5.74) is 1.75. The van der Waals surface area contributed by atoms with Crippen molar-refractivity contribution in [3.05, 3.63) is 34.9 Å². The highest BCUT2D eigenvalue weighted by Crippen LogP contribution is 2.69. The minimum atomic E-state index is 0.200. The van der Waals surface area contributed by atoms with E-state index in [0.29, 0.717) is 16.6 Å². The number of aromatic amines is 1. The van der Waals surface area contributed by atoms with Gasteiger partial charge in [0.1, 0.15) is 5.82 Å². The highest BCUT2D eigenvalue weighted by atomic mass is 32.1. The average Bonchev–Trinajstić information content (AvgIpc) is 2.83. The lowest BCUT2D eigenvalue weighted by atomic mass is 10.0. The molecule has 2 bridgehead atoms.